The number of carbonyl (C=O) groups is 2. The van der Waals surface area contributed by atoms with Crippen molar-refractivity contribution in [3.05, 3.63) is 103 Å². The number of carbonyl (C=O) groups excluding carboxylic acids is 2. The summed E-state index contributed by atoms with van der Waals surface area (Å²) < 4.78 is 1.92. The van der Waals surface area contributed by atoms with E-state index in [1.54, 1.807) is 41.6 Å². The minimum absolute atomic E-state index is 0. The maximum atomic E-state index is 13.1. The van der Waals surface area contributed by atoms with Crippen molar-refractivity contribution in [3.63, 3.8) is 0 Å². The van der Waals surface area contributed by atoms with Crippen molar-refractivity contribution in [2.75, 3.05) is 33.7 Å². The standard InChI is InChI=1S/C23H26N6O.C14H19ClN4O.C9H8N2.2CH4/c1-3-18-22(30)27(2)19-15-25-23(26-21(19)29(18)17-11-7-8-12-17)28-14-13-24-20(28)16-9-5-4-6-10-16;1-3-10-13(20)18(2)11-8-16-14(15)17-12(11)19(10)9-6-4-5-7-9;1-2-4-8(5-3-1)9-10-6-7-11-9;;/h4-6,9-10,13-15,17-18H,3,7-8,11-12H2,1-2H3;8-10H,3-7H2,1-2H3;1-7H,(H,10,11);2*1H4/t18-;10-;;;/m11.../s1. The molecule has 4 aliphatic rings. The summed E-state index contributed by atoms with van der Waals surface area (Å²) in [5.41, 5.74) is 3.67. The van der Waals surface area contributed by atoms with Gasteiger partial charge in [0.05, 0.1) is 12.4 Å². The summed E-state index contributed by atoms with van der Waals surface area (Å²) in [7, 11) is 3.61. The fourth-order valence-electron chi connectivity index (χ4n) is 9.14. The Bertz CT molecular complexity index is 2400. The Morgan fingerprint density at radius 1 is 0.651 bits per heavy atom. The molecule has 2 saturated carbocycles. The van der Waals surface area contributed by atoms with E-state index in [2.05, 4.69) is 46.6 Å². The molecule has 4 aromatic heterocycles. The zero-order valence-corrected chi connectivity index (χ0v) is 36.0. The minimum Gasteiger partial charge on any atom is -0.345 e. The van der Waals surface area contributed by atoms with E-state index in [1.165, 1.54) is 25.7 Å². The highest BCUT2D eigenvalue weighted by Crippen LogP contribution is 2.41. The van der Waals surface area contributed by atoms with Crippen molar-refractivity contribution >= 4 is 46.4 Å². The molecule has 6 aromatic rings. The van der Waals surface area contributed by atoms with Crippen molar-refractivity contribution in [2.24, 2.45) is 0 Å². The number of benzene rings is 2. The molecule has 14 nitrogen and oxygen atoms in total. The molecule has 6 heterocycles. The number of nitrogens with zero attached hydrogens (tertiary/aromatic N) is 11. The van der Waals surface area contributed by atoms with Crippen LogP contribution in [-0.2, 0) is 9.59 Å². The monoisotopic (exact) mass is 872 g/mol. The molecule has 2 amide bonds. The van der Waals surface area contributed by atoms with E-state index in [1.807, 2.05) is 91.6 Å². The van der Waals surface area contributed by atoms with Gasteiger partial charge in [-0.05, 0) is 50.1 Å². The molecule has 0 unspecified atom stereocenters. The molecule has 0 bridgehead atoms. The normalized spacial score (nSPS) is 18.4. The summed E-state index contributed by atoms with van der Waals surface area (Å²) in [4.78, 5) is 63.2. The van der Waals surface area contributed by atoms with E-state index < -0.39 is 0 Å². The lowest BCUT2D eigenvalue weighted by atomic mass is 10.0. The van der Waals surface area contributed by atoms with Crippen LogP contribution in [0.2, 0.25) is 5.28 Å². The number of anilines is 4. The second-order valence-electron chi connectivity index (χ2n) is 15.9. The number of aromatic amines is 1. The Labute approximate surface area is 376 Å². The van der Waals surface area contributed by atoms with Gasteiger partial charge in [0.2, 0.25) is 23.0 Å². The van der Waals surface area contributed by atoms with Gasteiger partial charge in [-0.3, -0.25) is 14.2 Å². The molecule has 1 N–H and O–H groups in total. The molecular formula is C48H61ClN12O2. The van der Waals surface area contributed by atoms with Crippen LogP contribution in [0.3, 0.4) is 0 Å². The van der Waals surface area contributed by atoms with Crippen molar-refractivity contribution in [1.82, 2.24) is 39.5 Å². The third kappa shape index (κ3) is 9.46. The van der Waals surface area contributed by atoms with Crippen LogP contribution in [0.15, 0.2) is 97.8 Å². The SMILES string of the molecule is C.C.CC[C@@H]1C(=O)N(C)c2cnc(-n3ccnc3-c3ccccc3)nc2N1C1CCCC1.CC[C@@H]1C(=O)N(C)c2cnc(Cl)nc2N1C1CCCC1.c1ccc(-c2ncc[nH]2)cc1. The number of hydrogen-bond acceptors (Lipinski definition) is 10. The molecule has 2 aliphatic carbocycles. The van der Waals surface area contributed by atoms with Crippen molar-refractivity contribution in [2.45, 2.75) is 117 Å². The first-order valence-corrected chi connectivity index (χ1v) is 21.8. The number of H-pyrrole nitrogens is 1. The van der Waals surface area contributed by atoms with Crippen LogP contribution in [0.5, 0.6) is 0 Å². The van der Waals surface area contributed by atoms with E-state index in [0.29, 0.717) is 18.0 Å². The minimum atomic E-state index is -0.176. The predicted octanol–water partition coefficient (Wildman–Crippen LogP) is 9.82. The fraction of sp³-hybridized carbons (Fsp3) is 0.417. The summed E-state index contributed by atoms with van der Waals surface area (Å²) in [6.45, 7) is 4.13. The molecule has 0 saturated heterocycles. The second kappa shape index (κ2) is 20.8. The molecule has 0 radical (unpaired) electrons. The summed E-state index contributed by atoms with van der Waals surface area (Å²) in [5, 5.41) is 0.240. The smallest absolute Gasteiger partial charge is 0.249 e. The highest BCUT2D eigenvalue weighted by atomic mass is 35.5. The van der Waals surface area contributed by atoms with Crippen molar-refractivity contribution in [1.29, 1.82) is 0 Å². The third-order valence-corrected chi connectivity index (χ3v) is 12.4. The number of rotatable bonds is 7. The average molecular weight is 874 g/mol. The van der Waals surface area contributed by atoms with E-state index in [9.17, 15) is 9.59 Å². The first-order valence-electron chi connectivity index (χ1n) is 21.4. The maximum Gasteiger partial charge on any atom is 0.249 e. The van der Waals surface area contributed by atoms with Gasteiger partial charge >= 0.3 is 0 Å². The van der Waals surface area contributed by atoms with Gasteiger partial charge in [-0.25, -0.2) is 19.9 Å². The van der Waals surface area contributed by atoms with E-state index in [0.717, 1.165) is 84.3 Å². The van der Waals surface area contributed by atoms with Crippen molar-refractivity contribution < 1.29 is 9.59 Å². The Morgan fingerprint density at radius 3 is 1.67 bits per heavy atom. The molecule has 10 rings (SSSR count). The topological polar surface area (TPSA) is 145 Å². The third-order valence-electron chi connectivity index (χ3n) is 12.2. The number of halogens is 1. The van der Waals surface area contributed by atoms with Crippen LogP contribution < -0.4 is 19.6 Å². The van der Waals surface area contributed by atoms with Gasteiger partial charge in [-0.2, -0.15) is 9.97 Å². The first-order chi connectivity index (χ1) is 29.8. The van der Waals surface area contributed by atoms with E-state index in [-0.39, 0.29) is 44.0 Å². The number of imidazole rings is 2. The van der Waals surface area contributed by atoms with Crippen LogP contribution in [0.25, 0.3) is 28.7 Å². The Hall–Kier alpha value is -6.15. The Morgan fingerprint density at radius 2 is 1.16 bits per heavy atom. The van der Waals surface area contributed by atoms with Crippen LogP contribution in [0.4, 0.5) is 23.0 Å². The second-order valence-corrected chi connectivity index (χ2v) is 16.2. The van der Waals surface area contributed by atoms with Gasteiger partial charge in [-0.15, -0.1) is 0 Å². The first kappa shape index (κ1) is 46.4. The Kier molecular flexibility index (Phi) is 15.3. The fourth-order valence-corrected chi connectivity index (χ4v) is 9.27. The highest BCUT2D eigenvalue weighted by Gasteiger charge is 2.42. The van der Waals surface area contributed by atoms with Crippen LogP contribution in [0, 0.1) is 0 Å². The number of nitrogens with one attached hydrogen (secondary N) is 1. The molecule has 63 heavy (non-hydrogen) atoms. The molecule has 2 fully saturated rings. The highest BCUT2D eigenvalue weighted by molar-refractivity contribution is 6.28. The number of aromatic nitrogens is 8. The molecule has 0 spiro atoms. The van der Waals surface area contributed by atoms with Crippen LogP contribution in [0.1, 0.15) is 92.9 Å². The van der Waals surface area contributed by atoms with Crippen LogP contribution in [-0.4, -0.2) is 89.5 Å². The lowest BCUT2D eigenvalue weighted by Crippen LogP contribution is -2.55. The van der Waals surface area contributed by atoms with Gasteiger partial charge < -0.3 is 24.6 Å². The molecule has 2 atom stereocenters. The summed E-state index contributed by atoms with van der Waals surface area (Å²) in [5.74, 6) is 4.21. The average Bonchev–Trinajstić information content (AvgIpc) is 4.16. The quantitative estimate of drug-likeness (QED) is 0.154. The van der Waals surface area contributed by atoms with Gasteiger partial charge in [0.25, 0.3) is 0 Å². The van der Waals surface area contributed by atoms with Gasteiger partial charge in [0.15, 0.2) is 11.6 Å². The van der Waals surface area contributed by atoms with E-state index >= 15 is 0 Å². The number of fused-ring (bicyclic) bond motifs is 2. The summed E-state index contributed by atoms with van der Waals surface area (Å²) in [6.07, 6.45) is 21.5. The summed E-state index contributed by atoms with van der Waals surface area (Å²) in [6, 6.07) is 20.5. The predicted molar refractivity (Wildman–Crippen MR) is 254 cm³/mol. The summed E-state index contributed by atoms with van der Waals surface area (Å²) >= 11 is 5.97. The van der Waals surface area contributed by atoms with Gasteiger partial charge in [-0.1, -0.05) is 115 Å². The molecule has 2 aliphatic heterocycles. The zero-order valence-electron chi connectivity index (χ0n) is 35.2. The molecular weight excluding hydrogens is 812 g/mol. The molecule has 2 aromatic carbocycles. The Balaban J connectivity index is 0.000000172. The number of likely N-dealkylation sites (N-methyl/N-ethyl adjacent to an activating group) is 2. The number of hydrogen-bond donors (Lipinski definition) is 1. The molecule has 332 valence electrons. The largest absolute Gasteiger partial charge is 0.345 e. The van der Waals surface area contributed by atoms with Crippen LogP contribution >= 0.6 is 11.6 Å². The van der Waals surface area contributed by atoms with Gasteiger partial charge in [0, 0.05) is 62.1 Å². The maximum absolute atomic E-state index is 13.1. The zero-order chi connectivity index (χ0) is 42.5. The lowest BCUT2D eigenvalue weighted by molar-refractivity contribution is -0.120. The van der Waals surface area contributed by atoms with Crippen molar-refractivity contribution in [3.8, 4) is 28.7 Å². The van der Waals surface area contributed by atoms with E-state index in [4.69, 9.17) is 16.6 Å². The molecule has 15 heteroatoms. The lowest BCUT2D eigenvalue weighted by Gasteiger charge is -2.43. The number of amides is 2. The van der Waals surface area contributed by atoms with Gasteiger partial charge in [0.1, 0.15) is 35.1 Å².